The molecule has 0 saturated carbocycles. The number of halogens is 2. The lowest BCUT2D eigenvalue weighted by Crippen LogP contribution is -2.25. The van der Waals surface area contributed by atoms with E-state index >= 15 is 0 Å². The SMILES string of the molecule is CCCN(CC)c1c(F)cc(CN)cc1F. The topological polar surface area (TPSA) is 29.3 Å². The summed E-state index contributed by atoms with van der Waals surface area (Å²) in [5.74, 6) is -1.06. The summed E-state index contributed by atoms with van der Waals surface area (Å²) >= 11 is 0. The lowest BCUT2D eigenvalue weighted by atomic mass is 10.1. The van der Waals surface area contributed by atoms with Crippen LogP contribution < -0.4 is 10.6 Å². The van der Waals surface area contributed by atoms with Crippen molar-refractivity contribution in [2.45, 2.75) is 26.8 Å². The standard InChI is InChI=1S/C12H18F2N2/c1-3-5-16(4-2)12-10(13)6-9(8-15)7-11(12)14/h6-7H,3-5,8,15H2,1-2H3. The van der Waals surface area contributed by atoms with Crippen LogP contribution in [0.4, 0.5) is 14.5 Å². The van der Waals surface area contributed by atoms with Crippen molar-refractivity contribution in [3.05, 3.63) is 29.3 Å². The van der Waals surface area contributed by atoms with E-state index in [9.17, 15) is 8.78 Å². The first-order chi connectivity index (χ1) is 7.63. The summed E-state index contributed by atoms with van der Waals surface area (Å²) in [6, 6.07) is 2.60. The van der Waals surface area contributed by atoms with Crippen LogP contribution in [0.5, 0.6) is 0 Å². The molecule has 0 unspecified atom stereocenters. The van der Waals surface area contributed by atoms with Gasteiger partial charge in [0.25, 0.3) is 0 Å². The van der Waals surface area contributed by atoms with Crippen molar-refractivity contribution in [1.82, 2.24) is 0 Å². The summed E-state index contributed by atoms with van der Waals surface area (Å²) in [5, 5.41) is 0. The number of hydrogen-bond donors (Lipinski definition) is 1. The Kier molecular flexibility index (Phi) is 4.68. The van der Waals surface area contributed by atoms with Crippen molar-refractivity contribution < 1.29 is 8.78 Å². The predicted octanol–water partition coefficient (Wildman–Crippen LogP) is 2.66. The van der Waals surface area contributed by atoms with Crippen molar-refractivity contribution in [2.75, 3.05) is 18.0 Å². The molecule has 2 N–H and O–H groups in total. The van der Waals surface area contributed by atoms with Crippen molar-refractivity contribution in [2.24, 2.45) is 5.73 Å². The van der Waals surface area contributed by atoms with Crippen LogP contribution in [-0.2, 0) is 6.54 Å². The summed E-state index contributed by atoms with van der Waals surface area (Å²) in [6.45, 7) is 5.24. The van der Waals surface area contributed by atoms with Gasteiger partial charge in [-0.2, -0.15) is 0 Å². The first kappa shape index (κ1) is 12.9. The average Bonchev–Trinajstić information content (AvgIpc) is 2.26. The maximum Gasteiger partial charge on any atom is 0.149 e. The molecule has 0 radical (unpaired) electrons. The van der Waals surface area contributed by atoms with Gasteiger partial charge in [0.15, 0.2) is 0 Å². The van der Waals surface area contributed by atoms with Gasteiger partial charge < -0.3 is 10.6 Å². The summed E-state index contributed by atoms with van der Waals surface area (Å²) < 4.78 is 27.4. The minimum Gasteiger partial charge on any atom is -0.367 e. The molecule has 0 aliphatic carbocycles. The van der Waals surface area contributed by atoms with Gasteiger partial charge in [0.2, 0.25) is 0 Å². The van der Waals surface area contributed by atoms with Crippen molar-refractivity contribution in [3.63, 3.8) is 0 Å². The van der Waals surface area contributed by atoms with Gasteiger partial charge in [0.05, 0.1) is 0 Å². The minimum absolute atomic E-state index is 0.0570. The fraction of sp³-hybridized carbons (Fsp3) is 0.500. The molecule has 0 fully saturated rings. The van der Waals surface area contributed by atoms with Crippen LogP contribution in [0.2, 0.25) is 0 Å². The Morgan fingerprint density at radius 1 is 1.19 bits per heavy atom. The smallest absolute Gasteiger partial charge is 0.149 e. The van der Waals surface area contributed by atoms with Gasteiger partial charge >= 0.3 is 0 Å². The van der Waals surface area contributed by atoms with Gasteiger partial charge in [-0.05, 0) is 31.0 Å². The maximum atomic E-state index is 13.7. The van der Waals surface area contributed by atoms with E-state index in [4.69, 9.17) is 5.73 Å². The molecule has 90 valence electrons. The van der Waals surface area contributed by atoms with Crippen LogP contribution in [-0.4, -0.2) is 13.1 Å². The van der Waals surface area contributed by atoms with Gasteiger partial charge in [-0.3, -0.25) is 0 Å². The zero-order valence-electron chi connectivity index (χ0n) is 9.76. The molecular weight excluding hydrogens is 210 g/mol. The molecule has 1 rings (SSSR count). The van der Waals surface area contributed by atoms with Crippen molar-refractivity contribution in [3.8, 4) is 0 Å². The highest BCUT2D eigenvalue weighted by atomic mass is 19.1. The van der Waals surface area contributed by atoms with E-state index in [1.54, 1.807) is 4.90 Å². The molecule has 0 saturated heterocycles. The number of anilines is 1. The van der Waals surface area contributed by atoms with E-state index in [1.807, 2.05) is 13.8 Å². The predicted molar refractivity (Wildman–Crippen MR) is 62.4 cm³/mol. The number of nitrogens with two attached hydrogens (primary N) is 1. The second kappa shape index (κ2) is 5.80. The Morgan fingerprint density at radius 2 is 1.75 bits per heavy atom. The molecule has 0 atom stereocenters. The lowest BCUT2D eigenvalue weighted by Gasteiger charge is -2.23. The Balaban J connectivity index is 3.11. The maximum absolute atomic E-state index is 13.7. The van der Waals surface area contributed by atoms with E-state index in [1.165, 1.54) is 12.1 Å². The van der Waals surface area contributed by atoms with Crippen LogP contribution in [0.15, 0.2) is 12.1 Å². The third kappa shape index (κ3) is 2.70. The molecule has 4 heteroatoms. The van der Waals surface area contributed by atoms with E-state index in [2.05, 4.69) is 0 Å². The zero-order chi connectivity index (χ0) is 12.1. The molecule has 0 aliphatic heterocycles. The minimum atomic E-state index is -0.532. The zero-order valence-corrected chi connectivity index (χ0v) is 9.76. The van der Waals surface area contributed by atoms with Gasteiger partial charge in [-0.25, -0.2) is 8.78 Å². The molecule has 0 heterocycles. The van der Waals surface area contributed by atoms with Crippen molar-refractivity contribution in [1.29, 1.82) is 0 Å². The highest BCUT2D eigenvalue weighted by Gasteiger charge is 2.15. The van der Waals surface area contributed by atoms with Gasteiger partial charge in [0.1, 0.15) is 17.3 Å². The van der Waals surface area contributed by atoms with Crippen molar-refractivity contribution >= 4 is 5.69 Å². The summed E-state index contributed by atoms with van der Waals surface area (Å²) in [7, 11) is 0. The fourth-order valence-corrected chi connectivity index (χ4v) is 1.74. The first-order valence-corrected chi connectivity index (χ1v) is 5.56. The molecular formula is C12H18F2N2. The Labute approximate surface area is 95.1 Å². The van der Waals surface area contributed by atoms with Gasteiger partial charge in [-0.1, -0.05) is 6.92 Å². The van der Waals surface area contributed by atoms with Crippen LogP contribution in [0.1, 0.15) is 25.8 Å². The van der Waals surface area contributed by atoms with Crippen LogP contribution in [0.25, 0.3) is 0 Å². The Hall–Kier alpha value is -1.16. The van der Waals surface area contributed by atoms with Crippen LogP contribution in [0, 0.1) is 11.6 Å². The second-order valence-electron chi connectivity index (χ2n) is 3.69. The average molecular weight is 228 g/mol. The largest absolute Gasteiger partial charge is 0.367 e. The molecule has 1 aromatic carbocycles. The number of benzene rings is 1. The first-order valence-electron chi connectivity index (χ1n) is 5.56. The van der Waals surface area contributed by atoms with Crippen LogP contribution in [0.3, 0.4) is 0 Å². The quantitative estimate of drug-likeness (QED) is 0.839. The summed E-state index contributed by atoms with van der Waals surface area (Å²) in [4.78, 5) is 1.70. The van der Waals surface area contributed by atoms with E-state index < -0.39 is 11.6 Å². The van der Waals surface area contributed by atoms with Gasteiger partial charge in [-0.15, -0.1) is 0 Å². The molecule has 0 aromatic heterocycles. The molecule has 16 heavy (non-hydrogen) atoms. The van der Waals surface area contributed by atoms with E-state index in [0.29, 0.717) is 18.7 Å². The highest BCUT2D eigenvalue weighted by Crippen LogP contribution is 2.25. The molecule has 2 nitrogen and oxygen atoms in total. The van der Waals surface area contributed by atoms with E-state index in [0.717, 1.165) is 6.42 Å². The number of rotatable bonds is 5. The molecule has 0 amide bonds. The lowest BCUT2D eigenvalue weighted by molar-refractivity contribution is 0.567. The normalized spacial score (nSPS) is 10.6. The Morgan fingerprint density at radius 3 is 2.12 bits per heavy atom. The third-order valence-electron chi connectivity index (χ3n) is 2.50. The van der Waals surface area contributed by atoms with E-state index in [-0.39, 0.29) is 12.2 Å². The fourth-order valence-electron chi connectivity index (χ4n) is 1.74. The molecule has 0 bridgehead atoms. The number of nitrogens with zero attached hydrogens (tertiary/aromatic N) is 1. The summed E-state index contributed by atoms with van der Waals surface area (Å²) in [6.07, 6.45) is 0.853. The van der Waals surface area contributed by atoms with Gasteiger partial charge in [0, 0.05) is 19.6 Å². The monoisotopic (exact) mass is 228 g/mol. The molecule has 1 aromatic rings. The summed E-state index contributed by atoms with van der Waals surface area (Å²) in [5.41, 5.74) is 5.89. The van der Waals surface area contributed by atoms with Crippen LogP contribution >= 0.6 is 0 Å². The molecule has 0 spiro atoms. The third-order valence-corrected chi connectivity index (χ3v) is 2.50. The molecule has 0 aliphatic rings. The second-order valence-corrected chi connectivity index (χ2v) is 3.69. The number of hydrogen-bond acceptors (Lipinski definition) is 2. The Bertz CT molecular complexity index is 330. The highest BCUT2D eigenvalue weighted by molar-refractivity contribution is 5.50.